The summed E-state index contributed by atoms with van der Waals surface area (Å²) in [5.74, 6) is 0.0500. The smallest absolute Gasteiger partial charge is 0.234 e. The first-order valence-corrected chi connectivity index (χ1v) is 9.79. The van der Waals surface area contributed by atoms with Crippen molar-refractivity contribution in [3.63, 3.8) is 0 Å². The molecular weight excluding hydrogens is 328 g/mol. The Balaban J connectivity index is 1.86. The molecule has 2 aromatic rings. The number of carbonyl (C=O) groups is 1. The highest BCUT2D eigenvalue weighted by Gasteiger charge is 2.12. The molecule has 3 nitrogen and oxygen atoms in total. The van der Waals surface area contributed by atoms with Crippen molar-refractivity contribution in [2.24, 2.45) is 0 Å². The van der Waals surface area contributed by atoms with Gasteiger partial charge in [0.05, 0.1) is 12.6 Å². The summed E-state index contributed by atoms with van der Waals surface area (Å²) in [5.41, 5.74) is 4.89. The van der Waals surface area contributed by atoms with E-state index in [4.69, 9.17) is 0 Å². The number of thioether (sulfide) groups is 1. The standard InChI is InChI=1S/C21H28N2OS/c1-15-6-9-19(12-16(15)2)17(3)22-21(24)14-23(4)13-18-7-10-20(25-5)11-8-18/h6-12,17H,13-14H2,1-5H3,(H,22,24)/t17-/m1/s1. The molecule has 1 atom stereocenters. The van der Waals surface area contributed by atoms with Crippen LogP contribution in [0.3, 0.4) is 0 Å². The van der Waals surface area contributed by atoms with Crippen LogP contribution in [0.1, 0.15) is 35.2 Å². The van der Waals surface area contributed by atoms with Gasteiger partial charge in [-0.1, -0.05) is 30.3 Å². The van der Waals surface area contributed by atoms with Crippen LogP contribution >= 0.6 is 11.8 Å². The number of amides is 1. The molecule has 1 amide bonds. The number of benzene rings is 2. The SMILES string of the molecule is CSc1ccc(CN(C)CC(=O)N[C@H](C)c2ccc(C)c(C)c2)cc1. The molecule has 0 spiro atoms. The topological polar surface area (TPSA) is 32.3 Å². The number of nitrogens with one attached hydrogen (secondary N) is 1. The lowest BCUT2D eigenvalue weighted by molar-refractivity contribution is -0.122. The van der Waals surface area contributed by atoms with Crippen LogP contribution in [0.4, 0.5) is 0 Å². The highest BCUT2D eigenvalue weighted by Crippen LogP contribution is 2.17. The van der Waals surface area contributed by atoms with Crippen LogP contribution in [0.5, 0.6) is 0 Å². The maximum atomic E-state index is 12.3. The molecule has 0 unspecified atom stereocenters. The van der Waals surface area contributed by atoms with Crippen molar-refractivity contribution < 1.29 is 4.79 Å². The van der Waals surface area contributed by atoms with Gasteiger partial charge in [0.1, 0.15) is 0 Å². The van der Waals surface area contributed by atoms with Gasteiger partial charge in [0.25, 0.3) is 0 Å². The fourth-order valence-electron chi connectivity index (χ4n) is 2.75. The number of hydrogen-bond acceptors (Lipinski definition) is 3. The van der Waals surface area contributed by atoms with E-state index in [2.05, 4.69) is 67.9 Å². The zero-order valence-corrected chi connectivity index (χ0v) is 16.6. The molecule has 0 aliphatic heterocycles. The zero-order valence-electron chi connectivity index (χ0n) is 15.8. The summed E-state index contributed by atoms with van der Waals surface area (Å²) in [6.07, 6.45) is 2.07. The van der Waals surface area contributed by atoms with E-state index >= 15 is 0 Å². The Kier molecular flexibility index (Phi) is 7.09. The number of nitrogens with zero attached hydrogens (tertiary/aromatic N) is 1. The van der Waals surface area contributed by atoms with Gasteiger partial charge in [-0.05, 0) is 68.5 Å². The molecule has 0 fully saturated rings. The molecule has 0 bridgehead atoms. The minimum absolute atomic E-state index is 0.0149. The van der Waals surface area contributed by atoms with Crippen LogP contribution in [-0.2, 0) is 11.3 Å². The van der Waals surface area contributed by atoms with Crippen LogP contribution in [-0.4, -0.2) is 30.7 Å². The van der Waals surface area contributed by atoms with Gasteiger partial charge >= 0.3 is 0 Å². The molecule has 0 saturated heterocycles. The zero-order chi connectivity index (χ0) is 18.4. The normalized spacial score (nSPS) is 12.2. The lowest BCUT2D eigenvalue weighted by atomic mass is 10.0. The summed E-state index contributed by atoms with van der Waals surface area (Å²) in [6.45, 7) is 7.38. The number of aryl methyl sites for hydroxylation is 2. The minimum atomic E-state index is 0.0149. The Morgan fingerprint density at radius 2 is 1.80 bits per heavy atom. The van der Waals surface area contributed by atoms with Gasteiger partial charge < -0.3 is 5.32 Å². The van der Waals surface area contributed by atoms with E-state index in [9.17, 15) is 4.79 Å². The van der Waals surface area contributed by atoms with Crippen LogP contribution in [0.2, 0.25) is 0 Å². The Morgan fingerprint density at radius 3 is 2.40 bits per heavy atom. The number of carbonyl (C=O) groups excluding carboxylic acids is 1. The average molecular weight is 357 g/mol. The Morgan fingerprint density at radius 1 is 1.12 bits per heavy atom. The third-order valence-corrected chi connectivity index (χ3v) is 5.18. The largest absolute Gasteiger partial charge is 0.348 e. The van der Waals surface area contributed by atoms with Gasteiger partial charge in [0.15, 0.2) is 0 Å². The molecule has 0 radical (unpaired) electrons. The fourth-order valence-corrected chi connectivity index (χ4v) is 3.16. The van der Waals surface area contributed by atoms with Crippen molar-refractivity contribution >= 4 is 17.7 Å². The molecular formula is C21H28N2OS. The monoisotopic (exact) mass is 356 g/mol. The molecule has 0 aromatic heterocycles. The molecule has 0 heterocycles. The van der Waals surface area contributed by atoms with Gasteiger partial charge in [-0.2, -0.15) is 0 Å². The maximum Gasteiger partial charge on any atom is 0.234 e. The second kappa shape index (κ2) is 9.07. The van der Waals surface area contributed by atoms with E-state index in [1.807, 2.05) is 18.9 Å². The predicted molar refractivity (Wildman–Crippen MR) is 107 cm³/mol. The first kappa shape index (κ1) is 19.5. The van der Waals surface area contributed by atoms with Crippen LogP contribution in [0.25, 0.3) is 0 Å². The van der Waals surface area contributed by atoms with E-state index in [-0.39, 0.29) is 11.9 Å². The highest BCUT2D eigenvalue weighted by molar-refractivity contribution is 7.98. The third kappa shape index (κ3) is 5.91. The molecule has 1 N–H and O–H groups in total. The van der Waals surface area contributed by atoms with Crippen molar-refractivity contribution in [3.8, 4) is 0 Å². The van der Waals surface area contributed by atoms with Crippen LogP contribution in [0, 0.1) is 13.8 Å². The average Bonchev–Trinajstić information content (AvgIpc) is 2.57. The lowest BCUT2D eigenvalue weighted by Crippen LogP contribution is -2.36. The van der Waals surface area contributed by atoms with Gasteiger partial charge in [-0.15, -0.1) is 11.8 Å². The van der Waals surface area contributed by atoms with Crippen molar-refractivity contribution in [2.75, 3.05) is 19.8 Å². The Bertz CT molecular complexity index is 712. The maximum absolute atomic E-state index is 12.3. The van der Waals surface area contributed by atoms with Crippen LogP contribution < -0.4 is 5.32 Å². The first-order valence-electron chi connectivity index (χ1n) is 8.57. The highest BCUT2D eigenvalue weighted by atomic mass is 32.2. The van der Waals surface area contributed by atoms with E-state index in [1.165, 1.54) is 21.6 Å². The minimum Gasteiger partial charge on any atom is -0.348 e. The number of rotatable bonds is 7. The first-order chi connectivity index (χ1) is 11.9. The molecule has 2 rings (SSSR count). The van der Waals surface area contributed by atoms with Gasteiger partial charge in [0, 0.05) is 11.4 Å². The van der Waals surface area contributed by atoms with Gasteiger partial charge in [0.2, 0.25) is 5.91 Å². The lowest BCUT2D eigenvalue weighted by Gasteiger charge is -2.20. The van der Waals surface area contributed by atoms with E-state index in [0.717, 1.165) is 12.1 Å². The third-order valence-electron chi connectivity index (χ3n) is 4.43. The van der Waals surface area contributed by atoms with E-state index in [0.29, 0.717) is 6.54 Å². The molecule has 4 heteroatoms. The van der Waals surface area contributed by atoms with Crippen molar-refractivity contribution in [3.05, 3.63) is 64.7 Å². The second-order valence-electron chi connectivity index (χ2n) is 6.65. The summed E-state index contributed by atoms with van der Waals surface area (Å²) >= 11 is 1.74. The molecule has 134 valence electrons. The Labute approximate surface area is 155 Å². The summed E-state index contributed by atoms with van der Waals surface area (Å²) < 4.78 is 0. The number of hydrogen-bond donors (Lipinski definition) is 1. The molecule has 0 saturated carbocycles. The van der Waals surface area contributed by atoms with Crippen molar-refractivity contribution in [2.45, 2.75) is 38.3 Å². The van der Waals surface area contributed by atoms with E-state index in [1.54, 1.807) is 11.8 Å². The molecule has 0 aliphatic rings. The summed E-state index contributed by atoms with van der Waals surface area (Å²) in [4.78, 5) is 15.6. The Hall–Kier alpha value is -1.78. The van der Waals surface area contributed by atoms with Gasteiger partial charge in [-0.25, -0.2) is 0 Å². The predicted octanol–water partition coefficient (Wildman–Crippen LogP) is 4.33. The molecule has 25 heavy (non-hydrogen) atoms. The fraction of sp³-hybridized carbons (Fsp3) is 0.381. The van der Waals surface area contributed by atoms with Gasteiger partial charge in [-0.3, -0.25) is 9.69 Å². The molecule has 2 aromatic carbocycles. The molecule has 0 aliphatic carbocycles. The number of likely N-dealkylation sites (N-methyl/N-ethyl adjacent to an activating group) is 1. The second-order valence-corrected chi connectivity index (χ2v) is 7.53. The summed E-state index contributed by atoms with van der Waals surface area (Å²) in [7, 11) is 1.97. The van der Waals surface area contributed by atoms with E-state index < -0.39 is 0 Å². The van der Waals surface area contributed by atoms with Crippen LogP contribution in [0.15, 0.2) is 47.4 Å². The van der Waals surface area contributed by atoms with Crippen molar-refractivity contribution in [1.82, 2.24) is 10.2 Å². The van der Waals surface area contributed by atoms with Crippen molar-refractivity contribution in [1.29, 1.82) is 0 Å². The quantitative estimate of drug-likeness (QED) is 0.749. The summed E-state index contributed by atoms with van der Waals surface area (Å²) in [5, 5.41) is 3.09. The summed E-state index contributed by atoms with van der Waals surface area (Å²) in [6, 6.07) is 14.8.